The molecule has 1 N–H and O–H groups in total. The Morgan fingerprint density at radius 1 is 0.871 bits per heavy atom. The second kappa shape index (κ2) is 9.00. The number of nitrogens with one attached hydrogen (secondary N) is 1. The molecule has 5 nitrogen and oxygen atoms in total. The van der Waals surface area contributed by atoms with Crippen molar-refractivity contribution in [3.8, 4) is 5.75 Å². The Kier molecular flexibility index (Phi) is 5.78. The normalized spacial score (nSPS) is 15.9. The first kappa shape index (κ1) is 19.9. The first-order valence-electron chi connectivity index (χ1n) is 10.7. The van der Waals surface area contributed by atoms with Gasteiger partial charge in [-0.3, -0.25) is 4.90 Å². The van der Waals surface area contributed by atoms with Crippen LogP contribution in [0.1, 0.15) is 5.56 Å². The number of benzene rings is 3. The van der Waals surface area contributed by atoms with Crippen molar-refractivity contribution in [2.24, 2.45) is 4.99 Å². The molecule has 1 saturated heterocycles. The minimum Gasteiger partial charge on any atom is -0.492 e. The highest BCUT2D eigenvalue weighted by molar-refractivity contribution is 6.31. The summed E-state index contributed by atoms with van der Waals surface area (Å²) in [5.74, 6) is 1.93. The van der Waals surface area contributed by atoms with E-state index in [2.05, 4.69) is 39.4 Å². The Hall–Kier alpha value is -3.02. The molecular formula is C25H25ClN4O. The number of hydrogen-bond acceptors (Lipinski definition) is 5. The minimum atomic E-state index is 0.692. The zero-order valence-electron chi connectivity index (χ0n) is 17.3. The van der Waals surface area contributed by atoms with Crippen molar-refractivity contribution in [2.45, 2.75) is 0 Å². The summed E-state index contributed by atoms with van der Waals surface area (Å²) >= 11 is 6.26. The van der Waals surface area contributed by atoms with Crippen LogP contribution in [0.4, 0.5) is 17.1 Å². The lowest BCUT2D eigenvalue weighted by atomic mass is 10.1. The second-order valence-corrected chi connectivity index (χ2v) is 8.19. The molecule has 158 valence electrons. The molecular weight excluding hydrogens is 408 g/mol. The first-order chi connectivity index (χ1) is 15.3. The van der Waals surface area contributed by atoms with Crippen LogP contribution in [0.15, 0.2) is 77.8 Å². The number of halogens is 1. The monoisotopic (exact) mass is 432 g/mol. The fraction of sp³-hybridized carbons (Fsp3) is 0.240. The van der Waals surface area contributed by atoms with Crippen molar-refractivity contribution < 1.29 is 4.74 Å². The van der Waals surface area contributed by atoms with Gasteiger partial charge >= 0.3 is 0 Å². The number of ether oxygens (including phenoxy) is 1. The predicted octanol–water partition coefficient (Wildman–Crippen LogP) is 5.17. The maximum Gasteiger partial charge on any atom is 0.138 e. The van der Waals surface area contributed by atoms with E-state index in [4.69, 9.17) is 21.3 Å². The van der Waals surface area contributed by atoms with Gasteiger partial charge in [0.15, 0.2) is 0 Å². The SMILES string of the molecule is Clc1ccc2c(c1)N=C(N1CCN(CCOc3ccccc3)CC1)c1ccccc1N2. The summed E-state index contributed by atoms with van der Waals surface area (Å²) in [7, 11) is 0. The van der Waals surface area contributed by atoms with E-state index in [1.54, 1.807) is 0 Å². The number of aliphatic imine (C=N–C) groups is 1. The molecule has 0 aliphatic carbocycles. The molecule has 1 fully saturated rings. The number of fused-ring (bicyclic) bond motifs is 2. The lowest BCUT2D eigenvalue weighted by Crippen LogP contribution is -2.49. The second-order valence-electron chi connectivity index (χ2n) is 7.76. The van der Waals surface area contributed by atoms with Crippen LogP contribution in [0.2, 0.25) is 5.02 Å². The Balaban J connectivity index is 1.28. The average Bonchev–Trinajstić information content (AvgIpc) is 2.97. The fourth-order valence-electron chi connectivity index (χ4n) is 4.04. The van der Waals surface area contributed by atoms with Crippen molar-refractivity contribution >= 4 is 34.5 Å². The molecule has 3 aromatic carbocycles. The van der Waals surface area contributed by atoms with Crippen LogP contribution in [0.5, 0.6) is 5.75 Å². The topological polar surface area (TPSA) is 40.1 Å². The van der Waals surface area contributed by atoms with Crippen LogP contribution in [0.25, 0.3) is 0 Å². The number of piperazine rings is 1. The Morgan fingerprint density at radius 2 is 1.65 bits per heavy atom. The fourth-order valence-corrected chi connectivity index (χ4v) is 4.21. The van der Waals surface area contributed by atoms with Crippen LogP contribution in [-0.4, -0.2) is 55.0 Å². The van der Waals surface area contributed by atoms with Gasteiger partial charge in [-0.2, -0.15) is 0 Å². The van der Waals surface area contributed by atoms with Gasteiger partial charge in [0.2, 0.25) is 0 Å². The molecule has 0 atom stereocenters. The highest BCUT2D eigenvalue weighted by Gasteiger charge is 2.24. The van der Waals surface area contributed by atoms with E-state index in [1.165, 1.54) is 0 Å². The molecule has 0 aromatic heterocycles. The van der Waals surface area contributed by atoms with Gasteiger partial charge in [0.25, 0.3) is 0 Å². The highest BCUT2D eigenvalue weighted by Crippen LogP contribution is 2.36. The zero-order chi connectivity index (χ0) is 21.0. The van der Waals surface area contributed by atoms with Gasteiger partial charge in [-0.05, 0) is 42.5 Å². The van der Waals surface area contributed by atoms with Crippen LogP contribution in [0, 0.1) is 0 Å². The average molecular weight is 433 g/mol. The third-order valence-corrected chi connectivity index (χ3v) is 5.95. The third-order valence-electron chi connectivity index (χ3n) is 5.71. The first-order valence-corrected chi connectivity index (χ1v) is 11.0. The molecule has 5 rings (SSSR count). The number of hydrogen-bond donors (Lipinski definition) is 1. The molecule has 6 heteroatoms. The molecule has 0 amide bonds. The summed E-state index contributed by atoms with van der Waals surface area (Å²) < 4.78 is 5.87. The molecule has 0 bridgehead atoms. The van der Waals surface area contributed by atoms with Gasteiger partial charge in [-0.1, -0.05) is 41.9 Å². The van der Waals surface area contributed by atoms with E-state index >= 15 is 0 Å². The zero-order valence-corrected chi connectivity index (χ0v) is 18.1. The van der Waals surface area contributed by atoms with Gasteiger partial charge < -0.3 is 15.0 Å². The third kappa shape index (κ3) is 4.53. The van der Waals surface area contributed by atoms with E-state index in [9.17, 15) is 0 Å². The molecule has 0 spiro atoms. The number of rotatable bonds is 4. The van der Waals surface area contributed by atoms with Crippen LogP contribution in [-0.2, 0) is 0 Å². The van der Waals surface area contributed by atoms with Crippen molar-refractivity contribution in [3.63, 3.8) is 0 Å². The van der Waals surface area contributed by atoms with E-state index < -0.39 is 0 Å². The standard InChI is InChI=1S/C25H25ClN4O/c26-19-10-11-23-24(18-19)28-25(21-8-4-5-9-22(21)27-23)30-14-12-29(13-15-30)16-17-31-20-6-2-1-3-7-20/h1-11,18,27H,12-17H2. The molecule has 2 aliphatic heterocycles. The Morgan fingerprint density at radius 3 is 2.48 bits per heavy atom. The minimum absolute atomic E-state index is 0.692. The molecule has 31 heavy (non-hydrogen) atoms. The van der Waals surface area contributed by atoms with Gasteiger partial charge in [-0.15, -0.1) is 0 Å². The van der Waals surface area contributed by atoms with E-state index in [0.717, 1.165) is 66.9 Å². The summed E-state index contributed by atoms with van der Waals surface area (Å²) in [6, 6.07) is 24.2. The van der Waals surface area contributed by atoms with Crippen LogP contribution in [0.3, 0.4) is 0 Å². The maximum atomic E-state index is 6.26. The lowest BCUT2D eigenvalue weighted by molar-refractivity contribution is 0.154. The van der Waals surface area contributed by atoms with Crippen molar-refractivity contribution in [2.75, 3.05) is 44.6 Å². The van der Waals surface area contributed by atoms with Crippen LogP contribution < -0.4 is 10.1 Å². The van der Waals surface area contributed by atoms with Gasteiger partial charge in [-0.25, -0.2) is 4.99 Å². The van der Waals surface area contributed by atoms with Crippen molar-refractivity contribution in [1.29, 1.82) is 0 Å². The quantitative estimate of drug-likeness (QED) is 0.617. The maximum absolute atomic E-state index is 6.26. The highest BCUT2D eigenvalue weighted by atomic mass is 35.5. The summed E-state index contributed by atoms with van der Waals surface area (Å²) in [6.07, 6.45) is 0. The van der Waals surface area contributed by atoms with Gasteiger partial charge in [0.1, 0.15) is 18.2 Å². The smallest absolute Gasteiger partial charge is 0.138 e. The largest absolute Gasteiger partial charge is 0.492 e. The lowest BCUT2D eigenvalue weighted by Gasteiger charge is -2.36. The van der Waals surface area contributed by atoms with Crippen molar-refractivity contribution in [3.05, 3.63) is 83.4 Å². The summed E-state index contributed by atoms with van der Waals surface area (Å²) in [4.78, 5) is 9.87. The molecule has 2 heterocycles. The summed E-state index contributed by atoms with van der Waals surface area (Å²) in [5, 5.41) is 4.22. The van der Waals surface area contributed by atoms with E-state index in [1.807, 2.05) is 48.5 Å². The molecule has 0 radical (unpaired) electrons. The van der Waals surface area contributed by atoms with Crippen LogP contribution >= 0.6 is 11.6 Å². The predicted molar refractivity (Wildman–Crippen MR) is 127 cm³/mol. The van der Waals surface area contributed by atoms with E-state index in [-0.39, 0.29) is 0 Å². The van der Waals surface area contributed by atoms with Gasteiger partial charge in [0, 0.05) is 49.0 Å². The van der Waals surface area contributed by atoms with Crippen molar-refractivity contribution in [1.82, 2.24) is 9.80 Å². The van der Waals surface area contributed by atoms with E-state index in [0.29, 0.717) is 11.6 Å². The number of amidine groups is 1. The summed E-state index contributed by atoms with van der Waals surface area (Å²) in [6.45, 7) is 5.43. The molecule has 0 unspecified atom stereocenters. The molecule has 2 aliphatic rings. The molecule has 3 aromatic rings. The number of nitrogens with zero attached hydrogens (tertiary/aromatic N) is 3. The number of para-hydroxylation sites is 2. The molecule has 0 saturated carbocycles. The summed E-state index contributed by atoms with van der Waals surface area (Å²) in [5.41, 5.74) is 4.04. The number of anilines is 2. The Labute approximate surface area is 187 Å². The Bertz CT molecular complexity index is 1080. The van der Waals surface area contributed by atoms with Gasteiger partial charge in [0.05, 0.1) is 11.4 Å².